The van der Waals surface area contributed by atoms with Crippen molar-refractivity contribution in [3.05, 3.63) is 27.3 Å². The number of nitrogens with two attached hydrogens (primary N) is 1. The first-order chi connectivity index (χ1) is 7.10. The maximum absolute atomic E-state index is 5.84. The number of methoxy groups -OCH3 is 2. The predicted molar refractivity (Wildman–Crippen MR) is 69.1 cm³/mol. The van der Waals surface area contributed by atoms with E-state index in [1.54, 1.807) is 14.2 Å². The van der Waals surface area contributed by atoms with Gasteiger partial charge in [-0.25, -0.2) is 0 Å². The fourth-order valence-electron chi connectivity index (χ4n) is 1.51. The molecule has 1 aromatic carbocycles. The largest absolute Gasteiger partial charge is 0.496 e. The van der Waals surface area contributed by atoms with E-state index in [0.29, 0.717) is 0 Å². The van der Waals surface area contributed by atoms with E-state index < -0.39 is 0 Å². The highest BCUT2D eigenvalue weighted by molar-refractivity contribution is 14.1. The van der Waals surface area contributed by atoms with Crippen LogP contribution in [0.25, 0.3) is 0 Å². The molecule has 0 heterocycles. The van der Waals surface area contributed by atoms with Crippen LogP contribution in [-0.4, -0.2) is 20.3 Å². The molecule has 15 heavy (non-hydrogen) atoms. The summed E-state index contributed by atoms with van der Waals surface area (Å²) in [7, 11) is 3.33. The van der Waals surface area contributed by atoms with Crippen molar-refractivity contribution in [1.82, 2.24) is 0 Å². The van der Waals surface area contributed by atoms with Gasteiger partial charge in [-0.15, -0.1) is 0 Å². The second-order valence-corrected chi connectivity index (χ2v) is 4.57. The smallest absolute Gasteiger partial charge is 0.132 e. The van der Waals surface area contributed by atoms with Crippen molar-refractivity contribution >= 4 is 22.6 Å². The Morgan fingerprint density at radius 3 is 2.47 bits per heavy atom. The van der Waals surface area contributed by atoms with Gasteiger partial charge in [0.05, 0.1) is 16.8 Å². The molecule has 0 bridgehead atoms. The van der Waals surface area contributed by atoms with Crippen molar-refractivity contribution in [2.75, 3.05) is 14.2 Å². The van der Waals surface area contributed by atoms with E-state index in [4.69, 9.17) is 15.2 Å². The third-order valence-corrected chi connectivity index (χ3v) is 3.13. The van der Waals surface area contributed by atoms with E-state index in [9.17, 15) is 0 Å². The van der Waals surface area contributed by atoms with Gasteiger partial charge in [-0.05, 0) is 47.2 Å². The lowest BCUT2D eigenvalue weighted by molar-refractivity contribution is 0.0851. The van der Waals surface area contributed by atoms with Gasteiger partial charge >= 0.3 is 0 Å². The van der Waals surface area contributed by atoms with E-state index in [1.807, 2.05) is 25.1 Å². The zero-order chi connectivity index (χ0) is 11.4. The zero-order valence-corrected chi connectivity index (χ0v) is 11.3. The third-order valence-electron chi connectivity index (χ3n) is 2.24. The molecule has 0 aliphatic carbocycles. The Bertz CT molecular complexity index is 328. The lowest BCUT2D eigenvalue weighted by Gasteiger charge is -2.20. The van der Waals surface area contributed by atoms with Crippen molar-refractivity contribution in [3.63, 3.8) is 0 Å². The first-order valence-corrected chi connectivity index (χ1v) is 5.79. The van der Waals surface area contributed by atoms with Crippen molar-refractivity contribution in [1.29, 1.82) is 0 Å². The first-order valence-electron chi connectivity index (χ1n) is 4.72. The van der Waals surface area contributed by atoms with E-state index in [1.165, 1.54) is 0 Å². The molecular formula is C11H16INO2. The minimum absolute atomic E-state index is 0.0419. The molecule has 0 saturated heterocycles. The third kappa shape index (κ3) is 3.06. The zero-order valence-electron chi connectivity index (χ0n) is 9.16. The molecule has 2 atom stereocenters. The van der Waals surface area contributed by atoms with Gasteiger partial charge in [-0.3, -0.25) is 0 Å². The highest BCUT2D eigenvalue weighted by Gasteiger charge is 2.16. The van der Waals surface area contributed by atoms with Gasteiger partial charge in [0, 0.05) is 13.2 Å². The summed E-state index contributed by atoms with van der Waals surface area (Å²) < 4.78 is 11.7. The molecule has 0 saturated carbocycles. The molecule has 0 fully saturated rings. The van der Waals surface area contributed by atoms with Crippen LogP contribution in [-0.2, 0) is 4.74 Å². The standard InChI is InChI=1S/C11H16INO2/c1-7(13)11(15-3)8-4-5-9(12)10(6-8)14-2/h4-7,11H,13H2,1-3H3/t7-,11?/m0/s1. The van der Waals surface area contributed by atoms with Crippen LogP contribution in [0.2, 0.25) is 0 Å². The van der Waals surface area contributed by atoms with Gasteiger partial charge in [0.15, 0.2) is 0 Å². The molecule has 4 heteroatoms. The van der Waals surface area contributed by atoms with E-state index >= 15 is 0 Å². The average molecular weight is 321 g/mol. The fourth-order valence-corrected chi connectivity index (χ4v) is 2.06. The topological polar surface area (TPSA) is 44.5 Å². The summed E-state index contributed by atoms with van der Waals surface area (Å²) >= 11 is 2.23. The number of halogens is 1. The van der Waals surface area contributed by atoms with Crippen molar-refractivity contribution in [2.24, 2.45) is 5.73 Å². The SMILES string of the molecule is COc1cc(C(OC)[C@H](C)N)ccc1I. The summed E-state index contributed by atoms with van der Waals surface area (Å²) in [5.74, 6) is 0.857. The minimum Gasteiger partial charge on any atom is -0.496 e. The second kappa shape index (κ2) is 5.67. The summed E-state index contributed by atoms with van der Waals surface area (Å²) in [5.41, 5.74) is 6.89. The van der Waals surface area contributed by atoms with Gasteiger partial charge < -0.3 is 15.2 Å². The monoisotopic (exact) mass is 321 g/mol. The summed E-state index contributed by atoms with van der Waals surface area (Å²) in [4.78, 5) is 0. The molecule has 2 N–H and O–H groups in total. The minimum atomic E-state index is -0.0871. The fraction of sp³-hybridized carbons (Fsp3) is 0.455. The molecule has 84 valence electrons. The van der Waals surface area contributed by atoms with Gasteiger partial charge in [0.1, 0.15) is 5.75 Å². The van der Waals surface area contributed by atoms with Gasteiger partial charge in [-0.2, -0.15) is 0 Å². The summed E-state index contributed by atoms with van der Waals surface area (Å²) in [5, 5.41) is 0. The van der Waals surface area contributed by atoms with E-state index in [0.717, 1.165) is 14.9 Å². The Hall–Kier alpha value is -0.330. The van der Waals surface area contributed by atoms with Crippen molar-refractivity contribution in [2.45, 2.75) is 19.1 Å². The Kier molecular flexibility index (Phi) is 4.82. The molecule has 1 unspecified atom stereocenters. The highest BCUT2D eigenvalue weighted by atomic mass is 127. The van der Waals surface area contributed by atoms with Crippen molar-refractivity contribution in [3.8, 4) is 5.75 Å². The number of rotatable bonds is 4. The van der Waals surface area contributed by atoms with Crippen LogP contribution in [0.5, 0.6) is 5.75 Å². The van der Waals surface area contributed by atoms with Crippen LogP contribution >= 0.6 is 22.6 Å². The number of hydrogen-bond acceptors (Lipinski definition) is 3. The number of ether oxygens (including phenoxy) is 2. The molecular weight excluding hydrogens is 305 g/mol. The van der Waals surface area contributed by atoms with E-state index in [2.05, 4.69) is 22.6 Å². The van der Waals surface area contributed by atoms with Crippen molar-refractivity contribution < 1.29 is 9.47 Å². The molecule has 3 nitrogen and oxygen atoms in total. The molecule has 0 aliphatic heterocycles. The highest BCUT2D eigenvalue weighted by Crippen LogP contribution is 2.27. The Labute approximate surface area is 104 Å². The van der Waals surface area contributed by atoms with Crippen LogP contribution in [0.1, 0.15) is 18.6 Å². The summed E-state index contributed by atoms with van der Waals surface area (Å²) in [6, 6.07) is 5.95. The van der Waals surface area contributed by atoms with Crippen LogP contribution in [0.15, 0.2) is 18.2 Å². The average Bonchev–Trinajstić information content (AvgIpc) is 2.21. The maximum atomic E-state index is 5.84. The number of hydrogen-bond donors (Lipinski definition) is 1. The molecule has 1 rings (SSSR count). The summed E-state index contributed by atoms with van der Waals surface area (Å²) in [6.07, 6.45) is -0.0871. The normalized spacial score (nSPS) is 14.7. The Balaban J connectivity index is 3.03. The van der Waals surface area contributed by atoms with Crippen LogP contribution in [0.3, 0.4) is 0 Å². The summed E-state index contributed by atoms with van der Waals surface area (Å²) in [6.45, 7) is 1.93. The van der Waals surface area contributed by atoms with Gasteiger partial charge in [0.2, 0.25) is 0 Å². The number of benzene rings is 1. The predicted octanol–water partition coefficient (Wildman–Crippen LogP) is 2.33. The van der Waals surface area contributed by atoms with Gasteiger partial charge in [0.25, 0.3) is 0 Å². The van der Waals surface area contributed by atoms with E-state index in [-0.39, 0.29) is 12.1 Å². The van der Waals surface area contributed by atoms with Crippen LogP contribution in [0, 0.1) is 3.57 Å². The molecule has 0 radical (unpaired) electrons. The van der Waals surface area contributed by atoms with Crippen LogP contribution < -0.4 is 10.5 Å². The molecule has 0 aromatic heterocycles. The Morgan fingerprint density at radius 1 is 1.33 bits per heavy atom. The Morgan fingerprint density at radius 2 is 2.00 bits per heavy atom. The molecule has 0 aliphatic rings. The van der Waals surface area contributed by atoms with Crippen LogP contribution in [0.4, 0.5) is 0 Å². The molecule has 0 amide bonds. The lowest BCUT2D eigenvalue weighted by atomic mass is 10.0. The quantitative estimate of drug-likeness (QED) is 0.866. The second-order valence-electron chi connectivity index (χ2n) is 3.41. The molecule has 1 aromatic rings. The molecule has 0 spiro atoms. The van der Waals surface area contributed by atoms with Gasteiger partial charge in [-0.1, -0.05) is 6.07 Å². The maximum Gasteiger partial charge on any atom is 0.132 e. The lowest BCUT2D eigenvalue weighted by Crippen LogP contribution is -2.26. The first kappa shape index (κ1) is 12.7.